The Morgan fingerprint density at radius 2 is 1.86 bits per heavy atom. The Morgan fingerprint density at radius 3 is 2.54 bits per heavy atom. The second kappa shape index (κ2) is 7.94. The van der Waals surface area contributed by atoms with E-state index in [1.54, 1.807) is 14.2 Å². The Hall–Kier alpha value is -2.99. The summed E-state index contributed by atoms with van der Waals surface area (Å²) in [6.45, 7) is 1.24. The molecule has 1 N–H and O–H groups in total. The lowest BCUT2D eigenvalue weighted by molar-refractivity contribution is 0.0859. The third kappa shape index (κ3) is 3.55. The average Bonchev–Trinajstić information content (AvgIpc) is 3.39. The Labute approximate surface area is 163 Å². The summed E-state index contributed by atoms with van der Waals surface area (Å²) in [5.74, 6) is 1.75. The molecule has 6 nitrogen and oxygen atoms in total. The SMILES string of the molecule is COc1ccc(-c2oc3ccc(OC)cc3c2C(=O)NC[C@@H]2CCCO2)cc1. The van der Waals surface area contributed by atoms with Gasteiger partial charge in [0.25, 0.3) is 5.91 Å². The van der Waals surface area contributed by atoms with E-state index in [1.807, 2.05) is 42.5 Å². The Kier molecular flexibility index (Phi) is 5.21. The maximum absolute atomic E-state index is 13.1. The van der Waals surface area contributed by atoms with Crippen LogP contribution in [-0.4, -0.2) is 39.4 Å². The summed E-state index contributed by atoms with van der Waals surface area (Å²) in [4.78, 5) is 13.1. The number of methoxy groups -OCH3 is 2. The van der Waals surface area contributed by atoms with Gasteiger partial charge in [0.15, 0.2) is 0 Å². The molecule has 1 atom stereocenters. The van der Waals surface area contributed by atoms with E-state index in [0.29, 0.717) is 29.2 Å². The molecule has 0 saturated carbocycles. The lowest BCUT2D eigenvalue weighted by atomic mass is 10.0. The number of ether oxygens (including phenoxy) is 3. The summed E-state index contributed by atoms with van der Waals surface area (Å²) < 4.78 is 22.2. The van der Waals surface area contributed by atoms with Crippen molar-refractivity contribution in [2.45, 2.75) is 18.9 Å². The molecule has 4 rings (SSSR count). The quantitative estimate of drug-likeness (QED) is 0.698. The number of carbonyl (C=O) groups excluding carboxylic acids is 1. The predicted molar refractivity (Wildman–Crippen MR) is 106 cm³/mol. The molecule has 0 unspecified atom stereocenters. The van der Waals surface area contributed by atoms with Gasteiger partial charge in [0.05, 0.1) is 25.9 Å². The van der Waals surface area contributed by atoms with Crippen LogP contribution in [0.3, 0.4) is 0 Å². The van der Waals surface area contributed by atoms with Crippen molar-refractivity contribution in [2.24, 2.45) is 0 Å². The van der Waals surface area contributed by atoms with Crippen molar-refractivity contribution in [1.82, 2.24) is 5.32 Å². The predicted octanol–water partition coefficient (Wildman–Crippen LogP) is 4.03. The van der Waals surface area contributed by atoms with Gasteiger partial charge in [-0.2, -0.15) is 0 Å². The molecule has 2 heterocycles. The van der Waals surface area contributed by atoms with Gasteiger partial charge >= 0.3 is 0 Å². The Morgan fingerprint density at radius 1 is 1.11 bits per heavy atom. The van der Waals surface area contributed by atoms with Crippen LogP contribution in [0.5, 0.6) is 11.5 Å². The highest BCUT2D eigenvalue weighted by atomic mass is 16.5. The normalized spacial score (nSPS) is 16.3. The van der Waals surface area contributed by atoms with Crippen LogP contribution >= 0.6 is 0 Å². The van der Waals surface area contributed by atoms with Gasteiger partial charge in [-0.3, -0.25) is 4.79 Å². The van der Waals surface area contributed by atoms with Crippen molar-refractivity contribution in [3.63, 3.8) is 0 Å². The Bertz CT molecular complexity index is 971. The minimum atomic E-state index is -0.187. The van der Waals surface area contributed by atoms with Crippen molar-refractivity contribution < 1.29 is 23.4 Å². The molecular formula is C22H23NO5. The van der Waals surface area contributed by atoms with E-state index < -0.39 is 0 Å². The molecule has 1 aliphatic heterocycles. The maximum atomic E-state index is 13.1. The number of fused-ring (bicyclic) bond motifs is 1. The molecule has 1 amide bonds. The summed E-state index contributed by atoms with van der Waals surface area (Å²) in [7, 11) is 3.22. The van der Waals surface area contributed by atoms with Crippen LogP contribution in [-0.2, 0) is 4.74 Å². The zero-order chi connectivity index (χ0) is 19.5. The first-order valence-electron chi connectivity index (χ1n) is 9.34. The second-order valence-corrected chi connectivity index (χ2v) is 6.74. The van der Waals surface area contributed by atoms with Gasteiger partial charge in [-0.1, -0.05) is 0 Å². The molecule has 0 spiro atoms. The van der Waals surface area contributed by atoms with Gasteiger partial charge in [0, 0.05) is 24.1 Å². The lowest BCUT2D eigenvalue weighted by Crippen LogP contribution is -2.31. The highest BCUT2D eigenvalue weighted by Crippen LogP contribution is 2.36. The smallest absolute Gasteiger partial charge is 0.255 e. The summed E-state index contributed by atoms with van der Waals surface area (Å²) in [5, 5.41) is 3.72. The molecule has 3 aromatic rings. The number of nitrogens with one attached hydrogen (secondary N) is 1. The summed E-state index contributed by atoms with van der Waals surface area (Å²) in [6.07, 6.45) is 2.07. The number of benzene rings is 2. The van der Waals surface area contributed by atoms with Crippen molar-refractivity contribution in [1.29, 1.82) is 0 Å². The number of amides is 1. The standard InChI is InChI=1S/C22H23NO5/c1-25-15-7-5-14(6-8-15)21-20(22(24)23-13-17-4-3-11-27-17)18-12-16(26-2)9-10-19(18)28-21/h5-10,12,17H,3-4,11,13H2,1-2H3,(H,23,24)/t17-/m0/s1. The summed E-state index contributed by atoms with van der Waals surface area (Å²) >= 11 is 0. The van der Waals surface area contributed by atoms with Gasteiger partial charge < -0.3 is 23.9 Å². The van der Waals surface area contributed by atoms with Crippen LogP contribution in [0.1, 0.15) is 23.2 Å². The van der Waals surface area contributed by atoms with Crippen LogP contribution in [0.15, 0.2) is 46.9 Å². The monoisotopic (exact) mass is 381 g/mol. The van der Waals surface area contributed by atoms with Crippen molar-refractivity contribution in [3.05, 3.63) is 48.0 Å². The van der Waals surface area contributed by atoms with E-state index in [2.05, 4.69) is 5.32 Å². The van der Waals surface area contributed by atoms with E-state index in [9.17, 15) is 4.79 Å². The number of furan rings is 1. The van der Waals surface area contributed by atoms with Crippen molar-refractivity contribution >= 4 is 16.9 Å². The third-order valence-corrected chi connectivity index (χ3v) is 4.99. The van der Waals surface area contributed by atoms with Crippen LogP contribution in [0, 0.1) is 0 Å². The Balaban J connectivity index is 1.74. The molecule has 28 heavy (non-hydrogen) atoms. The van der Waals surface area contributed by atoms with Gasteiger partial charge in [-0.05, 0) is 55.3 Å². The molecule has 0 radical (unpaired) electrons. The van der Waals surface area contributed by atoms with E-state index >= 15 is 0 Å². The van der Waals surface area contributed by atoms with E-state index in [-0.39, 0.29) is 12.0 Å². The number of carbonyl (C=O) groups is 1. The molecule has 1 aliphatic rings. The van der Waals surface area contributed by atoms with Crippen LogP contribution in [0.2, 0.25) is 0 Å². The fourth-order valence-corrected chi connectivity index (χ4v) is 3.48. The summed E-state index contributed by atoms with van der Waals surface area (Å²) in [5.41, 5.74) is 1.93. The first-order valence-corrected chi connectivity index (χ1v) is 9.34. The molecule has 1 saturated heterocycles. The highest BCUT2D eigenvalue weighted by Gasteiger charge is 2.24. The molecule has 1 fully saturated rings. The van der Waals surface area contributed by atoms with Crippen LogP contribution in [0.4, 0.5) is 0 Å². The molecular weight excluding hydrogens is 358 g/mol. The highest BCUT2D eigenvalue weighted by molar-refractivity contribution is 6.11. The lowest BCUT2D eigenvalue weighted by Gasteiger charge is -2.11. The fraction of sp³-hybridized carbons (Fsp3) is 0.318. The van der Waals surface area contributed by atoms with Gasteiger partial charge in [0.1, 0.15) is 22.8 Å². The van der Waals surface area contributed by atoms with Crippen LogP contribution in [0.25, 0.3) is 22.3 Å². The largest absolute Gasteiger partial charge is 0.497 e. The molecule has 2 aromatic carbocycles. The van der Waals surface area contributed by atoms with E-state index in [0.717, 1.165) is 36.1 Å². The van der Waals surface area contributed by atoms with Gasteiger partial charge in [-0.15, -0.1) is 0 Å². The van der Waals surface area contributed by atoms with Crippen molar-refractivity contribution in [2.75, 3.05) is 27.4 Å². The van der Waals surface area contributed by atoms with E-state index in [4.69, 9.17) is 18.6 Å². The first kappa shape index (κ1) is 18.4. The molecule has 0 bridgehead atoms. The third-order valence-electron chi connectivity index (χ3n) is 4.99. The minimum Gasteiger partial charge on any atom is -0.497 e. The van der Waals surface area contributed by atoms with E-state index in [1.165, 1.54) is 0 Å². The molecule has 1 aromatic heterocycles. The minimum absolute atomic E-state index is 0.0705. The maximum Gasteiger partial charge on any atom is 0.255 e. The fourth-order valence-electron chi connectivity index (χ4n) is 3.48. The molecule has 6 heteroatoms. The second-order valence-electron chi connectivity index (χ2n) is 6.74. The molecule has 146 valence electrons. The average molecular weight is 381 g/mol. The van der Waals surface area contributed by atoms with Gasteiger partial charge in [0.2, 0.25) is 0 Å². The number of hydrogen-bond donors (Lipinski definition) is 1. The van der Waals surface area contributed by atoms with Gasteiger partial charge in [-0.25, -0.2) is 0 Å². The van der Waals surface area contributed by atoms with Crippen LogP contribution < -0.4 is 14.8 Å². The number of hydrogen-bond acceptors (Lipinski definition) is 5. The zero-order valence-corrected chi connectivity index (χ0v) is 16.0. The summed E-state index contributed by atoms with van der Waals surface area (Å²) in [6, 6.07) is 12.9. The van der Waals surface area contributed by atoms with Crippen molar-refractivity contribution in [3.8, 4) is 22.8 Å². The zero-order valence-electron chi connectivity index (χ0n) is 16.0. The first-order chi connectivity index (χ1) is 13.7. The molecule has 0 aliphatic carbocycles. The topological polar surface area (TPSA) is 69.9 Å². The number of rotatable bonds is 6.